The van der Waals surface area contributed by atoms with E-state index in [0.717, 1.165) is 0 Å². The van der Waals surface area contributed by atoms with E-state index in [-0.39, 0.29) is 0 Å². The van der Waals surface area contributed by atoms with E-state index in [1.54, 1.807) is 0 Å². The maximum Gasteiger partial charge on any atom is 0.0947 e. The van der Waals surface area contributed by atoms with Crippen LogP contribution < -0.4 is 11.3 Å². The maximum absolute atomic E-state index is 5.38. The molecule has 6 heteroatoms. The normalized spacial score (nSPS) is 18.9. The number of rotatable bonds is 2. The summed E-state index contributed by atoms with van der Waals surface area (Å²) in [4.78, 5) is 0. The molecule has 0 aliphatic carbocycles. The molecule has 0 saturated heterocycles. The lowest BCUT2D eigenvalue weighted by Crippen LogP contribution is -2.57. The Hall–Kier alpha value is 0.180. The highest BCUT2D eigenvalue weighted by atomic mass is 15.2. The molecular weight excluding hydrogens is 107 g/mol. The van der Waals surface area contributed by atoms with E-state index >= 15 is 0 Å². The van der Waals surface area contributed by atoms with Crippen LogP contribution in [0.2, 0.25) is 5.11 Å². The molecule has 0 fully saturated rings. The molecule has 0 bridgehead atoms. The van der Waals surface area contributed by atoms with Crippen LogP contribution in [0.25, 0.3) is 0 Å². The minimum Gasteiger partial charge on any atom is -0.272 e. The monoisotopic (exact) mass is 114 g/mol. The molecule has 3 N–H and O–H groups in total. The van der Waals surface area contributed by atoms with Gasteiger partial charge in [-0.2, -0.15) is 0 Å². The van der Waals surface area contributed by atoms with Crippen molar-refractivity contribution in [3.8, 4) is 0 Å². The number of hydrazine groups is 1. The maximum atomic E-state index is 5.38. The summed E-state index contributed by atoms with van der Waals surface area (Å²) in [5.74, 6) is 4.98. The zero-order valence-electron chi connectivity index (χ0n) is 5.39. The molecule has 0 aromatic carbocycles. The average Bonchev–Trinajstić information content (AvgIpc) is 1.64. The summed E-state index contributed by atoms with van der Waals surface area (Å²) < 4.78 is 0. The van der Waals surface area contributed by atoms with Crippen molar-refractivity contribution in [2.24, 2.45) is 5.84 Å². The zero-order chi connectivity index (χ0) is 7.71. The largest absolute Gasteiger partial charge is 0.272 e. The van der Waals surface area contributed by atoms with Crippen molar-refractivity contribution in [3.05, 3.63) is 0 Å². The Morgan fingerprint density at radius 1 is 1.22 bits per heavy atom. The number of hydrogen-bond acceptors (Lipinski definition) is 2. The molecule has 0 saturated carbocycles. The highest BCUT2D eigenvalue weighted by molar-refractivity contribution is 6.62. The molecule has 40 valence electrons. The lowest BCUT2D eigenvalue weighted by Gasteiger charge is -2.40. The lowest BCUT2D eigenvalue weighted by atomic mass is 9.31. The van der Waals surface area contributed by atoms with Crippen LogP contribution in [0.3, 0.4) is 0 Å². The van der Waals surface area contributed by atoms with Crippen LogP contribution in [-0.4, -0.2) is 36.8 Å². The summed E-state index contributed by atoms with van der Waals surface area (Å²) >= 11 is 0. The Balaban J connectivity index is 4.14. The van der Waals surface area contributed by atoms with Gasteiger partial charge in [0.2, 0.25) is 0 Å². The van der Waals surface area contributed by atoms with Crippen molar-refractivity contribution in [1.29, 1.82) is 0 Å². The van der Waals surface area contributed by atoms with Gasteiger partial charge in [0.25, 0.3) is 0 Å². The van der Waals surface area contributed by atoms with Crippen LogP contribution in [0.1, 0.15) is 6.92 Å². The number of nitrogens with two attached hydrogens (primary N) is 1. The molecule has 2 nitrogen and oxygen atoms in total. The Labute approximate surface area is 60.9 Å². The molecule has 0 aliphatic heterocycles. The first-order valence-electron chi connectivity index (χ1n) is 2.44. The topological polar surface area (TPSA) is 38.0 Å². The van der Waals surface area contributed by atoms with Gasteiger partial charge in [-0.05, 0) is 5.44 Å². The van der Waals surface area contributed by atoms with Gasteiger partial charge >= 0.3 is 0 Å². The Morgan fingerprint density at radius 2 is 1.56 bits per heavy atom. The molecule has 1 unspecified atom stereocenters. The Morgan fingerprint density at radius 3 is 1.56 bits per heavy atom. The minimum atomic E-state index is -1.51. The summed E-state index contributed by atoms with van der Waals surface area (Å²) in [5, 5.41) is -1.51. The van der Waals surface area contributed by atoms with Gasteiger partial charge in [0, 0.05) is 0 Å². The van der Waals surface area contributed by atoms with Gasteiger partial charge in [0.1, 0.15) is 0 Å². The molecule has 0 heterocycles. The summed E-state index contributed by atoms with van der Waals surface area (Å²) in [6.45, 7) is 1.49. The Kier molecular flexibility index (Phi) is 2.48. The molecule has 0 rings (SSSR count). The summed E-state index contributed by atoms with van der Waals surface area (Å²) in [7, 11) is 21.0. The second-order valence-electron chi connectivity index (χ2n) is 2.28. The fourth-order valence-electron chi connectivity index (χ4n) is 0.125. The van der Waals surface area contributed by atoms with E-state index in [4.69, 9.17) is 37.2 Å². The van der Waals surface area contributed by atoms with Crippen LogP contribution in [0.15, 0.2) is 0 Å². The molecule has 0 aromatic rings. The summed E-state index contributed by atoms with van der Waals surface area (Å²) in [6.07, 6.45) is 0. The van der Waals surface area contributed by atoms with Gasteiger partial charge in [-0.25, -0.2) is 0 Å². The van der Waals surface area contributed by atoms with Gasteiger partial charge in [-0.15, -0.1) is 5.11 Å². The Bertz CT molecular complexity index is 96.5. The molecule has 1 atom stereocenters. The van der Waals surface area contributed by atoms with E-state index in [9.17, 15) is 0 Å². The molecule has 9 heavy (non-hydrogen) atoms. The first kappa shape index (κ1) is 9.18. The van der Waals surface area contributed by atoms with Crippen LogP contribution in [0, 0.1) is 0 Å². The van der Waals surface area contributed by atoms with Gasteiger partial charge in [-0.1, -0.05) is 6.92 Å². The van der Waals surface area contributed by atoms with Gasteiger partial charge in [0.15, 0.2) is 0 Å². The van der Waals surface area contributed by atoms with Crippen LogP contribution in [0.4, 0.5) is 0 Å². The van der Waals surface area contributed by atoms with E-state index < -0.39 is 10.6 Å². The van der Waals surface area contributed by atoms with E-state index in [0.29, 0.717) is 0 Å². The lowest BCUT2D eigenvalue weighted by molar-refractivity contribution is 0.508. The SMILES string of the molecule is [B]C([B])([B])C([B])(C)NN. The van der Waals surface area contributed by atoms with E-state index in [1.165, 1.54) is 6.92 Å². The second kappa shape index (κ2) is 2.43. The first-order valence-corrected chi connectivity index (χ1v) is 2.44. The number of hydrogen-bond donors (Lipinski definition) is 2. The average molecular weight is 113 g/mol. The van der Waals surface area contributed by atoms with Gasteiger partial charge < -0.3 is 0 Å². The minimum absolute atomic E-state index is 1.16. The van der Waals surface area contributed by atoms with Crippen LogP contribution in [0.5, 0.6) is 0 Å². The van der Waals surface area contributed by atoms with Crippen molar-refractivity contribution in [2.75, 3.05) is 0 Å². The molecule has 0 amide bonds. The van der Waals surface area contributed by atoms with Crippen molar-refractivity contribution in [2.45, 2.75) is 17.5 Å². The third kappa shape index (κ3) is 2.11. The predicted octanol–water partition coefficient (Wildman–Crippen LogP) is -2.09. The van der Waals surface area contributed by atoms with E-state index in [1.807, 2.05) is 0 Å². The fraction of sp³-hybridized carbons (Fsp3) is 1.00. The van der Waals surface area contributed by atoms with Crippen LogP contribution in [-0.2, 0) is 0 Å². The number of nitrogens with one attached hydrogen (secondary N) is 1. The highest BCUT2D eigenvalue weighted by Crippen LogP contribution is 2.22. The van der Waals surface area contributed by atoms with E-state index in [2.05, 4.69) is 5.43 Å². The smallest absolute Gasteiger partial charge is 0.0947 e. The predicted molar refractivity (Wildman–Crippen MR) is 41.4 cm³/mol. The van der Waals surface area contributed by atoms with Crippen LogP contribution >= 0.6 is 0 Å². The van der Waals surface area contributed by atoms with Crippen molar-refractivity contribution in [3.63, 3.8) is 0 Å². The highest BCUT2D eigenvalue weighted by Gasteiger charge is 2.28. The quantitative estimate of drug-likeness (QED) is 0.245. The summed E-state index contributed by atoms with van der Waals surface area (Å²) in [5.41, 5.74) is 1.02. The van der Waals surface area contributed by atoms with Gasteiger partial charge in [0.05, 0.1) is 31.4 Å². The third-order valence-corrected chi connectivity index (χ3v) is 1.20. The molecule has 8 radical (unpaired) electrons. The van der Waals surface area contributed by atoms with Gasteiger partial charge in [-0.3, -0.25) is 11.3 Å². The first-order chi connectivity index (χ1) is 3.81. The molecular formula is C3H6B4N2. The second-order valence-corrected chi connectivity index (χ2v) is 2.28. The zero-order valence-corrected chi connectivity index (χ0v) is 5.39. The third-order valence-electron chi connectivity index (χ3n) is 1.20. The summed E-state index contributed by atoms with van der Waals surface area (Å²) in [6, 6.07) is 0. The molecule has 0 spiro atoms. The standard InChI is InChI=1S/C3H6B4N2/c1-2(4,9-8)3(5,6)7/h9H,8H2,1H3. The molecule has 0 aliphatic rings. The fourth-order valence-corrected chi connectivity index (χ4v) is 0.125. The molecule has 0 aromatic heterocycles. The van der Waals surface area contributed by atoms with Crippen molar-refractivity contribution in [1.82, 2.24) is 5.43 Å². The van der Waals surface area contributed by atoms with Crippen molar-refractivity contribution >= 4 is 31.4 Å². The van der Waals surface area contributed by atoms with Crippen molar-refractivity contribution < 1.29 is 0 Å².